The number of rotatable bonds is 5. The van der Waals surface area contributed by atoms with Gasteiger partial charge in [0, 0.05) is 12.3 Å². The van der Waals surface area contributed by atoms with Crippen molar-refractivity contribution in [2.24, 2.45) is 0 Å². The van der Waals surface area contributed by atoms with Gasteiger partial charge >= 0.3 is 5.69 Å². The molecule has 2 rings (SSSR count). The number of carbonyl (C=O) groups is 1. The Balaban J connectivity index is 2.00. The number of amides is 1. The fourth-order valence-corrected chi connectivity index (χ4v) is 1.49. The van der Waals surface area contributed by atoms with Crippen molar-refractivity contribution in [2.45, 2.75) is 13.5 Å². The minimum absolute atomic E-state index is 0.0321. The second kappa shape index (κ2) is 5.91. The van der Waals surface area contributed by atoms with E-state index in [2.05, 4.69) is 15.3 Å². The average Bonchev–Trinajstić information content (AvgIpc) is 2.86. The van der Waals surface area contributed by atoms with Gasteiger partial charge in [-0.25, -0.2) is 4.79 Å². The highest BCUT2D eigenvalue weighted by molar-refractivity contribution is 5.91. The van der Waals surface area contributed by atoms with Crippen molar-refractivity contribution in [1.29, 1.82) is 0 Å². The van der Waals surface area contributed by atoms with E-state index < -0.39 is 17.2 Å². The molecule has 0 aliphatic carbocycles. The zero-order valence-electron chi connectivity index (χ0n) is 10.7. The van der Waals surface area contributed by atoms with Crippen molar-refractivity contribution in [3.8, 4) is 5.95 Å². The van der Waals surface area contributed by atoms with E-state index in [-0.39, 0.29) is 23.8 Å². The standard InChI is InChI=1S/C12H13N3O5/c1-2-19-9-4-3-8(20-9)11(17)13-5-7-6-14-12(18)15-10(7)16/h3-4,6H,2,5H2,1H3,(H,13,17)(H2,14,15,16,18). The van der Waals surface area contributed by atoms with Crippen LogP contribution in [0.3, 0.4) is 0 Å². The first kappa shape index (κ1) is 13.7. The minimum atomic E-state index is -0.600. The molecule has 0 radical (unpaired) electrons. The first-order chi connectivity index (χ1) is 9.60. The summed E-state index contributed by atoms with van der Waals surface area (Å²) in [5.41, 5.74) is -0.921. The molecule has 0 spiro atoms. The highest BCUT2D eigenvalue weighted by atomic mass is 16.6. The van der Waals surface area contributed by atoms with Gasteiger partial charge in [-0.15, -0.1) is 0 Å². The molecule has 0 unspecified atom stereocenters. The summed E-state index contributed by atoms with van der Waals surface area (Å²) in [4.78, 5) is 38.4. The normalized spacial score (nSPS) is 10.2. The maximum atomic E-state index is 11.8. The van der Waals surface area contributed by atoms with Gasteiger partial charge in [0.1, 0.15) is 0 Å². The lowest BCUT2D eigenvalue weighted by Crippen LogP contribution is -2.30. The molecule has 0 saturated carbocycles. The van der Waals surface area contributed by atoms with Crippen LogP contribution >= 0.6 is 0 Å². The molecule has 2 aromatic rings. The molecule has 8 heteroatoms. The summed E-state index contributed by atoms with van der Waals surface area (Å²) < 4.78 is 10.2. The van der Waals surface area contributed by atoms with Crippen LogP contribution < -0.4 is 21.3 Å². The average molecular weight is 279 g/mol. The Hall–Kier alpha value is -2.77. The molecule has 0 aliphatic heterocycles. The number of aromatic amines is 2. The Bertz CT molecular complexity index is 712. The Morgan fingerprint density at radius 3 is 2.90 bits per heavy atom. The van der Waals surface area contributed by atoms with Crippen LogP contribution in [0.5, 0.6) is 5.95 Å². The number of hydrogen-bond donors (Lipinski definition) is 3. The van der Waals surface area contributed by atoms with Crippen molar-refractivity contribution < 1.29 is 13.9 Å². The molecular formula is C12H13N3O5. The van der Waals surface area contributed by atoms with Crippen molar-refractivity contribution in [3.05, 3.63) is 50.5 Å². The van der Waals surface area contributed by atoms with E-state index in [1.165, 1.54) is 18.3 Å². The summed E-state index contributed by atoms with van der Waals surface area (Å²) in [6.45, 7) is 2.20. The van der Waals surface area contributed by atoms with E-state index >= 15 is 0 Å². The van der Waals surface area contributed by atoms with Crippen LogP contribution in [0.2, 0.25) is 0 Å². The molecular weight excluding hydrogens is 266 g/mol. The van der Waals surface area contributed by atoms with Gasteiger partial charge in [-0.2, -0.15) is 0 Å². The number of ether oxygens (including phenoxy) is 1. The number of furan rings is 1. The molecule has 0 aliphatic rings. The molecule has 0 saturated heterocycles. The lowest BCUT2D eigenvalue weighted by molar-refractivity contribution is 0.0914. The molecule has 0 aromatic carbocycles. The number of aromatic nitrogens is 2. The van der Waals surface area contributed by atoms with E-state index in [0.29, 0.717) is 6.61 Å². The SMILES string of the molecule is CCOc1ccc(C(=O)NCc2c[nH]c(=O)[nH]c2=O)o1. The lowest BCUT2D eigenvalue weighted by Gasteiger charge is -2.02. The Morgan fingerprint density at radius 2 is 2.20 bits per heavy atom. The zero-order valence-corrected chi connectivity index (χ0v) is 10.7. The second-order valence-electron chi connectivity index (χ2n) is 3.83. The summed E-state index contributed by atoms with van der Waals surface area (Å²) in [6.07, 6.45) is 1.25. The molecule has 8 nitrogen and oxygen atoms in total. The Kier molecular flexibility index (Phi) is 4.04. The van der Waals surface area contributed by atoms with Crippen LogP contribution in [0.25, 0.3) is 0 Å². The van der Waals surface area contributed by atoms with Gasteiger partial charge in [0.25, 0.3) is 17.4 Å². The monoisotopic (exact) mass is 279 g/mol. The van der Waals surface area contributed by atoms with Gasteiger partial charge in [0.2, 0.25) is 0 Å². The molecule has 2 heterocycles. The summed E-state index contributed by atoms with van der Waals surface area (Å²) in [5, 5.41) is 2.50. The maximum Gasteiger partial charge on any atom is 0.325 e. The fourth-order valence-electron chi connectivity index (χ4n) is 1.49. The molecule has 0 fully saturated rings. The summed E-state index contributed by atoms with van der Waals surface area (Å²) >= 11 is 0. The molecule has 2 aromatic heterocycles. The van der Waals surface area contributed by atoms with Gasteiger partial charge < -0.3 is 19.5 Å². The van der Waals surface area contributed by atoms with Gasteiger partial charge in [-0.3, -0.25) is 14.6 Å². The van der Waals surface area contributed by atoms with E-state index in [0.717, 1.165) is 0 Å². The minimum Gasteiger partial charge on any atom is -0.465 e. The first-order valence-electron chi connectivity index (χ1n) is 5.92. The third kappa shape index (κ3) is 3.16. The number of carbonyl (C=O) groups excluding carboxylic acids is 1. The maximum absolute atomic E-state index is 11.8. The van der Waals surface area contributed by atoms with Crippen molar-refractivity contribution >= 4 is 5.91 Å². The van der Waals surface area contributed by atoms with Gasteiger partial charge in [0.15, 0.2) is 5.76 Å². The largest absolute Gasteiger partial charge is 0.465 e. The van der Waals surface area contributed by atoms with E-state index in [1.807, 2.05) is 0 Å². The number of nitrogens with one attached hydrogen (secondary N) is 3. The number of H-pyrrole nitrogens is 2. The van der Waals surface area contributed by atoms with Crippen molar-refractivity contribution in [1.82, 2.24) is 15.3 Å². The topological polar surface area (TPSA) is 117 Å². The van der Waals surface area contributed by atoms with Gasteiger partial charge in [-0.1, -0.05) is 0 Å². The molecule has 0 atom stereocenters. The third-order valence-electron chi connectivity index (χ3n) is 2.43. The van der Waals surface area contributed by atoms with Crippen LogP contribution in [-0.4, -0.2) is 22.5 Å². The van der Waals surface area contributed by atoms with Gasteiger partial charge in [0.05, 0.1) is 18.7 Å². The highest BCUT2D eigenvalue weighted by Gasteiger charge is 2.12. The molecule has 20 heavy (non-hydrogen) atoms. The van der Waals surface area contributed by atoms with Crippen LogP contribution in [-0.2, 0) is 6.54 Å². The van der Waals surface area contributed by atoms with E-state index in [9.17, 15) is 14.4 Å². The number of hydrogen-bond acceptors (Lipinski definition) is 5. The Labute approximate surface area is 112 Å². The summed E-state index contributed by atoms with van der Waals surface area (Å²) in [6, 6.07) is 3.00. The van der Waals surface area contributed by atoms with E-state index in [1.54, 1.807) is 6.92 Å². The summed E-state index contributed by atoms with van der Waals surface area (Å²) in [7, 11) is 0. The smallest absolute Gasteiger partial charge is 0.325 e. The molecule has 3 N–H and O–H groups in total. The molecule has 1 amide bonds. The van der Waals surface area contributed by atoms with Crippen LogP contribution in [0, 0.1) is 0 Å². The van der Waals surface area contributed by atoms with Crippen LogP contribution in [0.1, 0.15) is 23.0 Å². The van der Waals surface area contributed by atoms with E-state index in [4.69, 9.17) is 9.15 Å². The van der Waals surface area contributed by atoms with Crippen molar-refractivity contribution in [3.63, 3.8) is 0 Å². The quantitative estimate of drug-likeness (QED) is 0.711. The highest BCUT2D eigenvalue weighted by Crippen LogP contribution is 2.15. The van der Waals surface area contributed by atoms with Crippen LogP contribution in [0.15, 0.2) is 32.3 Å². The van der Waals surface area contributed by atoms with Crippen LogP contribution in [0.4, 0.5) is 0 Å². The third-order valence-corrected chi connectivity index (χ3v) is 2.43. The van der Waals surface area contributed by atoms with Gasteiger partial charge in [-0.05, 0) is 13.0 Å². The fraction of sp³-hybridized carbons (Fsp3) is 0.250. The summed E-state index contributed by atoms with van der Waals surface area (Å²) in [5.74, 6) is -0.157. The first-order valence-corrected chi connectivity index (χ1v) is 5.92. The zero-order chi connectivity index (χ0) is 14.5. The molecule has 106 valence electrons. The predicted octanol–water partition coefficient (Wildman–Crippen LogP) is -0.0151. The predicted molar refractivity (Wildman–Crippen MR) is 68.7 cm³/mol. The molecule has 0 bridgehead atoms. The van der Waals surface area contributed by atoms with Crippen molar-refractivity contribution in [2.75, 3.05) is 6.61 Å². The lowest BCUT2D eigenvalue weighted by atomic mass is 10.3. The second-order valence-corrected chi connectivity index (χ2v) is 3.83. The Morgan fingerprint density at radius 1 is 1.40 bits per heavy atom.